The van der Waals surface area contributed by atoms with E-state index in [0.717, 1.165) is 21.5 Å². The number of nitrogens with zero attached hydrogens (tertiary/aromatic N) is 2. The van der Waals surface area contributed by atoms with Crippen LogP contribution in [0.4, 0.5) is 11.4 Å². The average molecular weight is 455 g/mol. The van der Waals surface area contributed by atoms with Crippen molar-refractivity contribution in [1.82, 2.24) is 9.78 Å². The Kier molecular flexibility index (Phi) is 5.32. The van der Waals surface area contributed by atoms with Crippen molar-refractivity contribution in [3.63, 3.8) is 0 Å². The maximum Gasteiger partial charge on any atom is 0.265 e. The van der Waals surface area contributed by atoms with E-state index in [4.69, 9.17) is 0 Å². The van der Waals surface area contributed by atoms with Crippen molar-refractivity contribution in [2.45, 2.75) is 25.7 Å². The fourth-order valence-corrected chi connectivity index (χ4v) is 5.74. The number of hydrogen-bond donors (Lipinski definition) is 2. The van der Waals surface area contributed by atoms with Gasteiger partial charge in [0.05, 0.1) is 15.5 Å². The Morgan fingerprint density at radius 3 is 2.52 bits per heavy atom. The number of amides is 1. The number of aromatic nitrogens is 2. The summed E-state index contributed by atoms with van der Waals surface area (Å²) in [5.41, 5.74) is 3.29. The summed E-state index contributed by atoms with van der Waals surface area (Å²) in [4.78, 5) is 14.3. The fourth-order valence-electron chi connectivity index (χ4n) is 3.40. The Morgan fingerprint density at radius 2 is 1.81 bits per heavy atom. The number of sulfonamides is 1. The van der Waals surface area contributed by atoms with Gasteiger partial charge < -0.3 is 5.32 Å². The van der Waals surface area contributed by atoms with E-state index in [-0.39, 0.29) is 10.8 Å². The van der Waals surface area contributed by atoms with E-state index in [1.165, 1.54) is 17.4 Å². The van der Waals surface area contributed by atoms with Crippen molar-refractivity contribution in [2.24, 2.45) is 7.05 Å². The highest BCUT2D eigenvalue weighted by Gasteiger charge is 2.20. The van der Waals surface area contributed by atoms with E-state index in [1.807, 2.05) is 33.0 Å². The predicted octanol–water partition coefficient (Wildman–Crippen LogP) is 4.61. The van der Waals surface area contributed by atoms with Gasteiger partial charge in [0.25, 0.3) is 15.9 Å². The predicted molar refractivity (Wildman–Crippen MR) is 124 cm³/mol. The molecule has 0 aliphatic carbocycles. The van der Waals surface area contributed by atoms with Crippen molar-refractivity contribution in [2.75, 3.05) is 10.0 Å². The second-order valence-corrected chi connectivity index (χ2v) is 10.1. The standard InChI is InChI=1S/C22H22N4O3S2/c1-13-6-5-7-17(10-13)25-31(28,29)20-11-16(9-8-14(20)2)23-21(27)19-12-18-15(3)24-26(4)22(18)30-19/h5-12,25H,1-4H3,(H,23,27). The molecule has 2 aromatic carbocycles. The Bertz CT molecular complexity index is 1380. The van der Waals surface area contributed by atoms with Crippen LogP contribution in [0.15, 0.2) is 53.4 Å². The van der Waals surface area contributed by atoms with Gasteiger partial charge in [0.1, 0.15) is 4.83 Å². The molecule has 4 aromatic rings. The molecule has 160 valence electrons. The molecule has 7 nitrogen and oxygen atoms in total. The van der Waals surface area contributed by atoms with Gasteiger partial charge in [-0.15, -0.1) is 11.3 Å². The van der Waals surface area contributed by atoms with Crippen molar-refractivity contribution in [3.8, 4) is 0 Å². The molecular formula is C22H22N4O3S2. The van der Waals surface area contributed by atoms with Gasteiger partial charge in [-0.3, -0.25) is 14.2 Å². The molecule has 0 aliphatic rings. The van der Waals surface area contributed by atoms with Crippen LogP contribution in [0.2, 0.25) is 0 Å². The molecule has 0 radical (unpaired) electrons. The van der Waals surface area contributed by atoms with Crippen molar-refractivity contribution in [3.05, 3.63) is 70.2 Å². The molecule has 9 heteroatoms. The third-order valence-corrected chi connectivity index (χ3v) is 7.65. The largest absolute Gasteiger partial charge is 0.321 e. The average Bonchev–Trinajstić information content (AvgIpc) is 3.24. The van der Waals surface area contributed by atoms with Gasteiger partial charge in [-0.1, -0.05) is 18.2 Å². The lowest BCUT2D eigenvalue weighted by atomic mass is 10.2. The Balaban J connectivity index is 1.60. The monoisotopic (exact) mass is 454 g/mol. The molecule has 0 fully saturated rings. The molecule has 2 aromatic heterocycles. The third-order valence-electron chi connectivity index (χ3n) is 4.93. The van der Waals surface area contributed by atoms with Gasteiger partial charge in [0.2, 0.25) is 0 Å². The first kappa shape index (κ1) is 21.1. The summed E-state index contributed by atoms with van der Waals surface area (Å²) in [6.07, 6.45) is 0. The summed E-state index contributed by atoms with van der Waals surface area (Å²) < 4.78 is 30.3. The Morgan fingerprint density at radius 1 is 1.03 bits per heavy atom. The van der Waals surface area contributed by atoms with Gasteiger partial charge >= 0.3 is 0 Å². The number of hydrogen-bond acceptors (Lipinski definition) is 5. The van der Waals surface area contributed by atoms with E-state index in [9.17, 15) is 13.2 Å². The fraction of sp³-hybridized carbons (Fsp3) is 0.182. The molecule has 2 heterocycles. The highest BCUT2D eigenvalue weighted by atomic mass is 32.2. The second-order valence-electron chi connectivity index (χ2n) is 7.45. The summed E-state index contributed by atoms with van der Waals surface area (Å²) in [5.74, 6) is -0.292. The Hall–Kier alpha value is -3.17. The molecular weight excluding hydrogens is 432 g/mol. The summed E-state index contributed by atoms with van der Waals surface area (Å²) in [7, 11) is -1.98. The zero-order valence-corrected chi connectivity index (χ0v) is 19.2. The first-order chi connectivity index (χ1) is 14.6. The minimum Gasteiger partial charge on any atom is -0.321 e. The van der Waals surface area contributed by atoms with Crippen LogP contribution in [0.5, 0.6) is 0 Å². The maximum absolute atomic E-state index is 13.0. The summed E-state index contributed by atoms with van der Waals surface area (Å²) in [6.45, 7) is 5.51. The molecule has 0 aliphatic heterocycles. The summed E-state index contributed by atoms with van der Waals surface area (Å²) >= 11 is 1.35. The number of anilines is 2. The van der Waals surface area contributed by atoms with Crippen LogP contribution in [0.1, 0.15) is 26.5 Å². The van der Waals surface area contributed by atoms with Crippen LogP contribution in [0.25, 0.3) is 10.2 Å². The van der Waals surface area contributed by atoms with E-state index in [1.54, 1.807) is 41.9 Å². The van der Waals surface area contributed by atoms with Gasteiger partial charge in [0.15, 0.2) is 0 Å². The van der Waals surface area contributed by atoms with Gasteiger partial charge in [-0.05, 0) is 62.2 Å². The van der Waals surface area contributed by atoms with Crippen LogP contribution in [0, 0.1) is 20.8 Å². The zero-order chi connectivity index (χ0) is 22.3. The molecule has 0 spiro atoms. The summed E-state index contributed by atoms with van der Waals surface area (Å²) in [5, 5.41) is 8.09. The van der Waals surface area contributed by atoms with Gasteiger partial charge in [0, 0.05) is 23.8 Å². The summed E-state index contributed by atoms with van der Waals surface area (Å²) in [6, 6.07) is 13.8. The van der Waals surface area contributed by atoms with Gasteiger partial charge in [-0.25, -0.2) is 8.42 Å². The highest BCUT2D eigenvalue weighted by molar-refractivity contribution is 7.92. The lowest BCUT2D eigenvalue weighted by molar-refractivity contribution is 0.103. The van der Waals surface area contributed by atoms with E-state index in [2.05, 4.69) is 15.1 Å². The number of thiophene rings is 1. The molecule has 4 rings (SSSR count). The van der Waals surface area contributed by atoms with Crippen LogP contribution in [-0.4, -0.2) is 24.1 Å². The smallest absolute Gasteiger partial charge is 0.265 e. The molecule has 1 amide bonds. The number of aryl methyl sites for hydroxylation is 4. The van der Waals surface area contributed by atoms with Gasteiger partial charge in [-0.2, -0.15) is 5.10 Å². The van der Waals surface area contributed by atoms with Crippen LogP contribution in [-0.2, 0) is 17.1 Å². The number of benzene rings is 2. The first-order valence-electron chi connectivity index (χ1n) is 9.59. The molecule has 0 saturated heterocycles. The highest BCUT2D eigenvalue weighted by Crippen LogP contribution is 2.29. The SMILES string of the molecule is Cc1cccc(NS(=O)(=O)c2cc(NC(=O)c3cc4c(C)nn(C)c4s3)ccc2C)c1. The third kappa shape index (κ3) is 4.19. The minimum absolute atomic E-state index is 0.114. The van der Waals surface area contributed by atoms with Crippen molar-refractivity contribution < 1.29 is 13.2 Å². The molecule has 0 atom stereocenters. The number of carbonyl (C=O) groups excluding carboxylic acids is 1. The van der Waals surface area contributed by atoms with Crippen LogP contribution >= 0.6 is 11.3 Å². The Labute approximate surface area is 184 Å². The number of nitrogens with one attached hydrogen (secondary N) is 2. The first-order valence-corrected chi connectivity index (χ1v) is 11.9. The van der Waals surface area contributed by atoms with E-state index >= 15 is 0 Å². The molecule has 31 heavy (non-hydrogen) atoms. The van der Waals surface area contributed by atoms with Crippen molar-refractivity contribution in [1.29, 1.82) is 0 Å². The van der Waals surface area contributed by atoms with E-state index < -0.39 is 10.0 Å². The number of carbonyl (C=O) groups is 1. The minimum atomic E-state index is -3.82. The second kappa shape index (κ2) is 7.82. The lowest BCUT2D eigenvalue weighted by Gasteiger charge is -2.13. The van der Waals surface area contributed by atoms with Crippen LogP contribution in [0.3, 0.4) is 0 Å². The van der Waals surface area contributed by atoms with Crippen LogP contribution < -0.4 is 10.0 Å². The lowest BCUT2D eigenvalue weighted by Crippen LogP contribution is -2.16. The number of fused-ring (bicyclic) bond motifs is 1. The molecule has 0 unspecified atom stereocenters. The van der Waals surface area contributed by atoms with E-state index in [0.29, 0.717) is 21.8 Å². The molecule has 0 saturated carbocycles. The number of rotatable bonds is 5. The quantitative estimate of drug-likeness (QED) is 0.460. The molecule has 0 bridgehead atoms. The topological polar surface area (TPSA) is 93.1 Å². The zero-order valence-electron chi connectivity index (χ0n) is 17.6. The molecule has 2 N–H and O–H groups in total. The van der Waals surface area contributed by atoms with Crippen molar-refractivity contribution >= 4 is 48.9 Å². The normalized spacial score (nSPS) is 11.6. The maximum atomic E-state index is 13.0.